The van der Waals surface area contributed by atoms with E-state index in [2.05, 4.69) is 0 Å². The molecule has 0 saturated carbocycles. The predicted molar refractivity (Wildman–Crippen MR) is 81.3 cm³/mol. The van der Waals surface area contributed by atoms with Crippen LogP contribution in [0.1, 0.15) is 12.0 Å². The third-order valence-electron chi connectivity index (χ3n) is 3.10. The number of para-hydroxylation sites is 1. The first-order valence-corrected chi connectivity index (χ1v) is 6.73. The van der Waals surface area contributed by atoms with Crippen molar-refractivity contribution in [2.24, 2.45) is 0 Å². The van der Waals surface area contributed by atoms with Gasteiger partial charge in [-0.25, -0.2) is 4.79 Å². The third-order valence-corrected chi connectivity index (χ3v) is 3.10. The Morgan fingerprint density at radius 3 is 1.95 bits per heavy atom. The van der Waals surface area contributed by atoms with Crippen LogP contribution in [0.25, 0.3) is 0 Å². The Morgan fingerprint density at radius 1 is 0.864 bits per heavy atom. The second-order valence-corrected chi connectivity index (χ2v) is 4.71. The normalized spacial score (nSPS) is 10.0. The Kier molecular flexibility index (Phi) is 5.03. The second-order valence-electron chi connectivity index (χ2n) is 4.71. The average molecular weight is 297 g/mol. The maximum atomic E-state index is 12.3. The third kappa shape index (κ3) is 4.02. The molecular formula is C17H15NO4. The highest BCUT2D eigenvalue weighted by molar-refractivity contribution is 6.36. The minimum absolute atomic E-state index is 0.274. The SMILES string of the molecule is O=C(O)C(=O)CC(=O)N(Cc1ccccc1)c1ccccc1. The number of nitrogens with zero attached hydrogens (tertiary/aromatic N) is 1. The van der Waals surface area contributed by atoms with Crippen molar-refractivity contribution < 1.29 is 19.5 Å². The topological polar surface area (TPSA) is 74.7 Å². The molecule has 1 amide bonds. The number of carbonyl (C=O) groups is 3. The van der Waals surface area contributed by atoms with Crippen molar-refractivity contribution >= 4 is 23.3 Å². The summed E-state index contributed by atoms with van der Waals surface area (Å²) in [6.07, 6.45) is -0.656. The smallest absolute Gasteiger partial charge is 0.372 e. The molecule has 0 aromatic heterocycles. The predicted octanol–water partition coefficient (Wildman–Crippen LogP) is 2.26. The lowest BCUT2D eigenvalue weighted by Gasteiger charge is -2.22. The molecule has 0 aliphatic rings. The lowest BCUT2D eigenvalue weighted by molar-refractivity contribution is -0.150. The number of amides is 1. The summed E-state index contributed by atoms with van der Waals surface area (Å²) < 4.78 is 0. The summed E-state index contributed by atoms with van der Waals surface area (Å²) in [6, 6.07) is 18.2. The average Bonchev–Trinajstić information content (AvgIpc) is 2.54. The van der Waals surface area contributed by atoms with E-state index in [0.717, 1.165) is 5.56 Å². The van der Waals surface area contributed by atoms with Crippen LogP contribution < -0.4 is 4.90 Å². The molecular weight excluding hydrogens is 282 g/mol. The fourth-order valence-electron chi connectivity index (χ4n) is 2.01. The summed E-state index contributed by atoms with van der Waals surface area (Å²) in [5.74, 6) is -3.25. The van der Waals surface area contributed by atoms with Gasteiger partial charge >= 0.3 is 5.97 Å². The van der Waals surface area contributed by atoms with Gasteiger partial charge in [-0.15, -0.1) is 0 Å². The molecule has 0 unspecified atom stereocenters. The number of hydrogen-bond acceptors (Lipinski definition) is 3. The quantitative estimate of drug-likeness (QED) is 0.655. The van der Waals surface area contributed by atoms with Crippen LogP contribution >= 0.6 is 0 Å². The first-order chi connectivity index (χ1) is 10.6. The monoisotopic (exact) mass is 297 g/mol. The van der Waals surface area contributed by atoms with Gasteiger partial charge in [0, 0.05) is 5.69 Å². The summed E-state index contributed by atoms with van der Waals surface area (Å²) >= 11 is 0. The molecule has 0 saturated heterocycles. The van der Waals surface area contributed by atoms with Gasteiger partial charge in [-0.1, -0.05) is 48.5 Å². The number of carbonyl (C=O) groups excluding carboxylic acids is 2. The van der Waals surface area contributed by atoms with Crippen LogP contribution in [-0.2, 0) is 20.9 Å². The summed E-state index contributed by atoms with van der Waals surface area (Å²) in [7, 11) is 0. The van der Waals surface area contributed by atoms with Crippen LogP contribution in [0.4, 0.5) is 5.69 Å². The maximum Gasteiger partial charge on any atom is 0.372 e. The van der Waals surface area contributed by atoms with E-state index in [9.17, 15) is 14.4 Å². The molecule has 0 heterocycles. The van der Waals surface area contributed by atoms with Crippen LogP contribution in [0.3, 0.4) is 0 Å². The minimum Gasteiger partial charge on any atom is -0.475 e. The number of hydrogen-bond donors (Lipinski definition) is 1. The van der Waals surface area contributed by atoms with Gasteiger partial charge in [0.1, 0.15) is 0 Å². The fourth-order valence-corrected chi connectivity index (χ4v) is 2.01. The van der Waals surface area contributed by atoms with Gasteiger partial charge in [-0.3, -0.25) is 9.59 Å². The van der Waals surface area contributed by atoms with Crippen molar-refractivity contribution in [3.05, 3.63) is 66.2 Å². The summed E-state index contributed by atoms with van der Waals surface area (Å²) in [6.45, 7) is 0.274. The number of benzene rings is 2. The van der Waals surface area contributed by atoms with E-state index in [1.807, 2.05) is 36.4 Å². The van der Waals surface area contributed by atoms with E-state index in [0.29, 0.717) is 5.69 Å². The molecule has 0 aliphatic carbocycles. The Labute approximate surface area is 127 Å². The van der Waals surface area contributed by atoms with Crippen LogP contribution in [-0.4, -0.2) is 22.8 Å². The van der Waals surface area contributed by atoms with Crippen molar-refractivity contribution in [3.8, 4) is 0 Å². The molecule has 2 aromatic rings. The van der Waals surface area contributed by atoms with Crippen LogP contribution in [0, 0.1) is 0 Å². The molecule has 22 heavy (non-hydrogen) atoms. The summed E-state index contributed by atoms with van der Waals surface area (Å²) in [4.78, 5) is 35.6. The summed E-state index contributed by atoms with van der Waals surface area (Å²) in [5.41, 5.74) is 1.51. The second kappa shape index (κ2) is 7.17. The Balaban J connectivity index is 2.24. The van der Waals surface area contributed by atoms with Crippen LogP contribution in [0.5, 0.6) is 0 Å². The summed E-state index contributed by atoms with van der Waals surface area (Å²) in [5, 5.41) is 8.65. The van der Waals surface area contributed by atoms with E-state index >= 15 is 0 Å². The molecule has 0 atom stereocenters. The largest absolute Gasteiger partial charge is 0.475 e. The molecule has 0 aliphatic heterocycles. The minimum atomic E-state index is -1.60. The van der Waals surface area contributed by atoms with Crippen molar-refractivity contribution in [1.82, 2.24) is 0 Å². The maximum absolute atomic E-state index is 12.3. The first kappa shape index (κ1) is 15.4. The van der Waals surface area contributed by atoms with E-state index in [1.54, 1.807) is 24.3 Å². The van der Waals surface area contributed by atoms with Gasteiger partial charge in [0.15, 0.2) is 0 Å². The molecule has 2 rings (SSSR count). The van der Waals surface area contributed by atoms with Crippen molar-refractivity contribution in [2.75, 3.05) is 4.90 Å². The number of carboxylic acids is 1. The molecule has 2 aromatic carbocycles. The van der Waals surface area contributed by atoms with Gasteiger partial charge in [-0.05, 0) is 17.7 Å². The molecule has 0 fully saturated rings. The molecule has 0 radical (unpaired) electrons. The molecule has 112 valence electrons. The van der Waals surface area contributed by atoms with Crippen molar-refractivity contribution in [2.45, 2.75) is 13.0 Å². The number of carboxylic acid groups (broad SMARTS) is 1. The number of aliphatic carboxylic acids is 1. The van der Waals surface area contributed by atoms with Gasteiger partial charge in [0.25, 0.3) is 0 Å². The zero-order chi connectivity index (χ0) is 15.9. The molecule has 5 heteroatoms. The molecule has 0 spiro atoms. The zero-order valence-corrected chi connectivity index (χ0v) is 11.8. The molecule has 0 bridgehead atoms. The van der Waals surface area contributed by atoms with Crippen molar-refractivity contribution in [3.63, 3.8) is 0 Å². The number of anilines is 1. The highest BCUT2D eigenvalue weighted by Crippen LogP contribution is 2.18. The van der Waals surface area contributed by atoms with Crippen molar-refractivity contribution in [1.29, 1.82) is 0 Å². The lowest BCUT2D eigenvalue weighted by atomic mass is 10.1. The molecule has 5 nitrogen and oxygen atoms in total. The highest BCUT2D eigenvalue weighted by atomic mass is 16.4. The van der Waals surface area contributed by atoms with E-state index < -0.39 is 24.1 Å². The highest BCUT2D eigenvalue weighted by Gasteiger charge is 2.22. The standard InChI is InChI=1S/C17H15NO4/c19-15(17(21)22)11-16(20)18(14-9-5-2-6-10-14)12-13-7-3-1-4-8-13/h1-10H,11-12H2,(H,21,22). The van der Waals surface area contributed by atoms with E-state index in [1.165, 1.54) is 4.90 Å². The Bertz CT molecular complexity index is 668. The zero-order valence-electron chi connectivity index (χ0n) is 11.8. The van der Waals surface area contributed by atoms with Crippen LogP contribution in [0.2, 0.25) is 0 Å². The number of rotatable bonds is 6. The van der Waals surface area contributed by atoms with Gasteiger partial charge < -0.3 is 10.0 Å². The molecule has 1 N–H and O–H groups in total. The Hall–Kier alpha value is -2.95. The van der Waals surface area contributed by atoms with Gasteiger partial charge in [0.2, 0.25) is 11.7 Å². The van der Waals surface area contributed by atoms with E-state index in [-0.39, 0.29) is 6.54 Å². The first-order valence-electron chi connectivity index (χ1n) is 6.73. The van der Waals surface area contributed by atoms with Crippen LogP contribution in [0.15, 0.2) is 60.7 Å². The fraction of sp³-hybridized carbons (Fsp3) is 0.118. The Morgan fingerprint density at radius 2 is 1.41 bits per heavy atom. The number of ketones is 1. The number of Topliss-reactive ketones (excluding diaryl/α,β-unsaturated/α-hetero) is 1. The van der Waals surface area contributed by atoms with Gasteiger partial charge in [0.05, 0.1) is 13.0 Å². The van der Waals surface area contributed by atoms with E-state index in [4.69, 9.17) is 5.11 Å². The lowest BCUT2D eigenvalue weighted by Crippen LogP contribution is -2.33. The van der Waals surface area contributed by atoms with Gasteiger partial charge in [-0.2, -0.15) is 0 Å².